The zero-order valence-electron chi connectivity index (χ0n) is 21.8. The van der Waals surface area contributed by atoms with Crippen LogP contribution in [-0.4, -0.2) is 47.8 Å². The molecule has 9 nitrogen and oxygen atoms in total. The van der Waals surface area contributed by atoms with E-state index in [-0.39, 0.29) is 17.6 Å². The van der Waals surface area contributed by atoms with E-state index >= 15 is 0 Å². The van der Waals surface area contributed by atoms with Gasteiger partial charge in [-0.3, -0.25) is 14.2 Å². The van der Waals surface area contributed by atoms with E-state index in [1.165, 1.54) is 11.3 Å². The first kappa shape index (κ1) is 27.5. The van der Waals surface area contributed by atoms with E-state index in [4.69, 9.17) is 9.05 Å². The monoisotopic (exact) mass is 546 g/mol. The molecule has 0 bridgehead atoms. The predicted octanol–water partition coefficient (Wildman–Crippen LogP) is 5.24. The maximum absolute atomic E-state index is 13.3. The normalized spacial score (nSPS) is 15.2. The van der Waals surface area contributed by atoms with Gasteiger partial charge in [-0.25, -0.2) is 4.98 Å². The average Bonchev–Trinajstić information content (AvgIpc) is 3.50. The van der Waals surface area contributed by atoms with E-state index in [1.54, 1.807) is 20.8 Å². The molecule has 1 aliphatic rings. The van der Waals surface area contributed by atoms with Gasteiger partial charge in [0.2, 0.25) is 0 Å². The van der Waals surface area contributed by atoms with Gasteiger partial charge >= 0.3 is 7.60 Å². The van der Waals surface area contributed by atoms with E-state index in [1.807, 2.05) is 42.3 Å². The second-order valence-electron chi connectivity index (χ2n) is 9.54. The number of amides is 1. The van der Waals surface area contributed by atoms with E-state index < -0.39 is 13.1 Å². The summed E-state index contributed by atoms with van der Waals surface area (Å²) in [4.78, 5) is 35.4. The predicted molar refractivity (Wildman–Crippen MR) is 148 cm³/mol. The van der Waals surface area contributed by atoms with Crippen LogP contribution in [0.4, 0.5) is 5.00 Å². The van der Waals surface area contributed by atoms with Gasteiger partial charge in [0.05, 0.1) is 45.7 Å². The van der Waals surface area contributed by atoms with Gasteiger partial charge in [-0.15, -0.1) is 11.3 Å². The van der Waals surface area contributed by atoms with Crippen molar-refractivity contribution < 1.29 is 18.4 Å². The molecule has 1 aliphatic carbocycles. The molecular formula is C26H35N4O5PS. The van der Waals surface area contributed by atoms with Crippen LogP contribution < -0.4 is 15.8 Å². The Morgan fingerprint density at radius 2 is 1.89 bits per heavy atom. The van der Waals surface area contributed by atoms with Gasteiger partial charge in [0, 0.05) is 13.6 Å². The van der Waals surface area contributed by atoms with Crippen molar-refractivity contribution in [3.05, 3.63) is 57.0 Å². The average molecular weight is 547 g/mol. The number of fused-ring (bicyclic) bond motifs is 1. The Labute approximate surface area is 221 Å². The molecule has 2 heterocycles. The van der Waals surface area contributed by atoms with Crippen LogP contribution in [-0.2, 0) is 20.2 Å². The highest BCUT2D eigenvalue weighted by atomic mass is 32.1. The summed E-state index contributed by atoms with van der Waals surface area (Å²) in [5.74, 6) is 0.412. The minimum absolute atomic E-state index is 0.152. The second-order valence-corrected chi connectivity index (χ2v) is 12.7. The summed E-state index contributed by atoms with van der Waals surface area (Å²) in [5, 5.41) is 4.67. The van der Waals surface area contributed by atoms with Crippen LogP contribution in [0.5, 0.6) is 0 Å². The van der Waals surface area contributed by atoms with E-state index in [2.05, 4.69) is 15.3 Å². The summed E-state index contributed by atoms with van der Waals surface area (Å²) in [5.41, 5.74) is 0.887. The fourth-order valence-corrected chi connectivity index (χ4v) is 8.02. The minimum atomic E-state index is -3.30. The van der Waals surface area contributed by atoms with Crippen LogP contribution in [0.2, 0.25) is 0 Å². The number of nitrogens with one attached hydrogen (secondary N) is 2. The number of aromatic amines is 1. The van der Waals surface area contributed by atoms with Gasteiger partial charge in [0.15, 0.2) is 0 Å². The number of carbonyl (C=O) groups excluding carboxylic acids is 1. The second kappa shape index (κ2) is 11.5. The van der Waals surface area contributed by atoms with E-state index in [9.17, 15) is 14.2 Å². The number of carbonyl (C=O) groups is 1. The number of aromatic nitrogens is 2. The Balaban J connectivity index is 1.46. The molecule has 2 aromatic heterocycles. The van der Waals surface area contributed by atoms with Gasteiger partial charge in [-0.2, -0.15) is 0 Å². The first-order valence-electron chi connectivity index (χ1n) is 12.7. The van der Waals surface area contributed by atoms with Gasteiger partial charge in [-0.05, 0) is 63.4 Å². The third kappa shape index (κ3) is 6.49. The van der Waals surface area contributed by atoms with Gasteiger partial charge in [-0.1, -0.05) is 18.9 Å². The fraction of sp³-hybridized carbons (Fsp3) is 0.500. The quantitative estimate of drug-likeness (QED) is 0.316. The maximum atomic E-state index is 13.3. The summed E-state index contributed by atoms with van der Waals surface area (Å²) in [6, 6.07) is 9.42. The fourth-order valence-electron chi connectivity index (χ4n) is 4.98. The minimum Gasteiger partial charge on any atom is -0.362 e. The number of benzene rings is 1. The number of anilines is 1. The summed E-state index contributed by atoms with van der Waals surface area (Å²) in [6.07, 6.45) is 3.59. The van der Waals surface area contributed by atoms with Crippen molar-refractivity contribution in [2.75, 3.05) is 31.3 Å². The van der Waals surface area contributed by atoms with Gasteiger partial charge < -0.3 is 24.2 Å². The van der Waals surface area contributed by atoms with Gasteiger partial charge in [0.1, 0.15) is 5.82 Å². The lowest BCUT2D eigenvalue weighted by molar-refractivity contribution is 0.0909. The molecule has 0 saturated heterocycles. The molecule has 1 fully saturated rings. The van der Waals surface area contributed by atoms with Crippen molar-refractivity contribution in [2.24, 2.45) is 0 Å². The number of rotatable bonds is 11. The van der Waals surface area contributed by atoms with Crippen molar-refractivity contribution in [3.63, 3.8) is 0 Å². The number of hydrogen-bond donors (Lipinski definition) is 2. The maximum Gasteiger partial charge on any atom is 0.333 e. The van der Waals surface area contributed by atoms with Crippen molar-refractivity contribution in [1.82, 2.24) is 15.3 Å². The lowest BCUT2D eigenvalue weighted by Crippen LogP contribution is -2.49. The lowest BCUT2D eigenvalue weighted by Gasteiger charge is -2.33. The topological polar surface area (TPSA) is 114 Å². The highest BCUT2D eigenvalue weighted by molar-refractivity contribution is 7.54. The number of aryl methyl sites for hydroxylation is 1. The number of H-pyrrole nitrogens is 1. The molecule has 0 aliphatic heterocycles. The third-order valence-corrected chi connectivity index (χ3v) is 10.1. The number of hydrogen-bond acceptors (Lipinski definition) is 8. The molecule has 0 atom stereocenters. The van der Waals surface area contributed by atoms with Crippen molar-refractivity contribution in [1.29, 1.82) is 0 Å². The standard InChI is InChI=1S/C26H35N4O5PS/c1-5-34-36(33,35-6-2)17-26(13-7-8-14-26)29-25(32)22-11-12-23(37-22)30(4)16-19-9-10-21-20(15-19)24(31)28-18(3)27-21/h9-12,15H,5-8,13-14,16-17H2,1-4H3,(H,29,32)(H,27,28,31). The molecule has 1 saturated carbocycles. The molecule has 11 heteroatoms. The molecule has 0 unspecified atom stereocenters. The highest BCUT2D eigenvalue weighted by Crippen LogP contribution is 2.53. The highest BCUT2D eigenvalue weighted by Gasteiger charge is 2.43. The number of thiophene rings is 1. The van der Waals surface area contributed by atoms with Crippen molar-refractivity contribution in [2.45, 2.75) is 58.5 Å². The molecule has 1 aromatic carbocycles. The first-order valence-corrected chi connectivity index (χ1v) is 15.2. The van der Waals surface area contributed by atoms with Crippen molar-refractivity contribution in [3.8, 4) is 0 Å². The Morgan fingerprint density at radius 3 is 2.57 bits per heavy atom. The third-order valence-electron chi connectivity index (χ3n) is 6.59. The Kier molecular flexibility index (Phi) is 8.53. The molecule has 3 aromatic rings. The smallest absolute Gasteiger partial charge is 0.333 e. The molecule has 1 amide bonds. The van der Waals surface area contributed by atoms with Crippen molar-refractivity contribution >= 4 is 40.7 Å². The first-order chi connectivity index (χ1) is 17.7. The lowest BCUT2D eigenvalue weighted by atomic mass is 10.0. The summed E-state index contributed by atoms with van der Waals surface area (Å²) >= 11 is 1.40. The van der Waals surface area contributed by atoms with Crippen LogP contribution in [0.25, 0.3) is 10.9 Å². The van der Waals surface area contributed by atoms with Crippen LogP contribution in [0.15, 0.2) is 35.1 Å². The molecule has 37 heavy (non-hydrogen) atoms. The zero-order valence-corrected chi connectivity index (χ0v) is 23.5. The Morgan fingerprint density at radius 1 is 1.19 bits per heavy atom. The van der Waals surface area contributed by atoms with Crippen LogP contribution in [0.3, 0.4) is 0 Å². The molecular weight excluding hydrogens is 511 g/mol. The van der Waals surface area contributed by atoms with Crippen LogP contribution >= 0.6 is 18.9 Å². The number of nitrogens with zero attached hydrogens (tertiary/aromatic N) is 2. The molecule has 200 valence electrons. The summed E-state index contributed by atoms with van der Waals surface area (Å²) in [7, 11) is -1.35. The molecule has 2 N–H and O–H groups in total. The zero-order chi connectivity index (χ0) is 26.6. The molecule has 4 rings (SSSR count). The van der Waals surface area contributed by atoms with Gasteiger partial charge in [0.25, 0.3) is 11.5 Å². The molecule has 0 radical (unpaired) electrons. The largest absolute Gasteiger partial charge is 0.362 e. The summed E-state index contributed by atoms with van der Waals surface area (Å²) < 4.78 is 24.3. The Bertz CT molecular complexity index is 1350. The van der Waals surface area contributed by atoms with E-state index in [0.29, 0.717) is 41.4 Å². The van der Waals surface area contributed by atoms with Crippen LogP contribution in [0, 0.1) is 6.92 Å². The van der Waals surface area contributed by atoms with E-state index in [0.717, 1.165) is 36.2 Å². The SMILES string of the molecule is CCOP(=O)(CC1(NC(=O)c2ccc(N(C)Cc3ccc4nc(C)[nH]c(=O)c4c3)s2)CCCC1)OCC. The van der Waals surface area contributed by atoms with Crippen LogP contribution in [0.1, 0.15) is 60.6 Å². The summed E-state index contributed by atoms with van der Waals surface area (Å²) in [6.45, 7) is 6.51. The Hall–Kier alpha value is -2.52. The molecule has 0 spiro atoms.